The molecule has 0 aliphatic heterocycles. The molecule has 0 aromatic carbocycles. The predicted octanol–water partition coefficient (Wildman–Crippen LogP) is 0.444. The largest absolute Gasteiger partial charge is 0.336 e. The van der Waals surface area contributed by atoms with Crippen molar-refractivity contribution in [2.45, 2.75) is 20.8 Å². The lowest BCUT2D eigenvalue weighted by atomic mass is 10.4. The minimum absolute atomic E-state index is 0.0250. The van der Waals surface area contributed by atoms with Crippen molar-refractivity contribution in [3.8, 4) is 0 Å². The van der Waals surface area contributed by atoms with E-state index in [-0.39, 0.29) is 18.2 Å². The molecule has 0 spiro atoms. The van der Waals surface area contributed by atoms with Gasteiger partial charge in [0.1, 0.15) is 5.78 Å². The maximum atomic E-state index is 10.7. The summed E-state index contributed by atoms with van der Waals surface area (Å²) in [6, 6.07) is 0. The molecule has 58 valence electrons. The minimum atomic E-state index is -0.0438. The first-order valence-corrected chi connectivity index (χ1v) is 3.32. The second-order valence-corrected chi connectivity index (χ2v) is 2.24. The molecule has 10 heavy (non-hydrogen) atoms. The molecule has 0 saturated heterocycles. The molecule has 0 rings (SSSR count). The third kappa shape index (κ3) is 3.22. The van der Waals surface area contributed by atoms with Gasteiger partial charge < -0.3 is 4.90 Å². The highest BCUT2D eigenvalue weighted by Crippen LogP contribution is 1.87. The number of rotatable bonds is 3. The molecule has 0 aliphatic carbocycles. The molecule has 0 atom stereocenters. The van der Waals surface area contributed by atoms with Gasteiger partial charge in [0.25, 0.3) is 0 Å². The third-order valence-corrected chi connectivity index (χ3v) is 1.24. The zero-order valence-electron chi connectivity index (χ0n) is 6.68. The average molecular weight is 143 g/mol. The molecule has 0 saturated carbocycles. The summed E-state index contributed by atoms with van der Waals surface area (Å²) in [5, 5.41) is 0. The number of hydrogen-bond donors (Lipinski definition) is 0. The lowest BCUT2D eigenvalue weighted by Crippen LogP contribution is -2.32. The second-order valence-electron chi connectivity index (χ2n) is 2.24. The molecule has 0 fully saturated rings. The number of carbonyl (C=O) groups is 2. The van der Waals surface area contributed by atoms with Crippen molar-refractivity contribution in [3.05, 3.63) is 0 Å². The SMILES string of the molecule is CCN(CC(C)=O)C(C)=O. The number of nitrogens with zero attached hydrogens (tertiary/aromatic N) is 1. The van der Waals surface area contributed by atoms with Crippen LogP contribution in [0.25, 0.3) is 0 Å². The molecule has 3 heteroatoms. The van der Waals surface area contributed by atoms with Crippen molar-refractivity contribution in [1.29, 1.82) is 0 Å². The number of amides is 1. The summed E-state index contributed by atoms with van der Waals surface area (Å²) < 4.78 is 0. The quantitative estimate of drug-likeness (QED) is 0.575. The first-order valence-electron chi connectivity index (χ1n) is 3.32. The highest BCUT2D eigenvalue weighted by atomic mass is 16.2. The number of Topliss-reactive ketones (excluding diaryl/α,β-unsaturated/α-hetero) is 1. The Morgan fingerprint density at radius 2 is 1.80 bits per heavy atom. The predicted molar refractivity (Wildman–Crippen MR) is 38.6 cm³/mol. The van der Waals surface area contributed by atoms with Crippen LogP contribution in [0, 0.1) is 0 Å². The maximum absolute atomic E-state index is 10.7. The lowest BCUT2D eigenvalue weighted by molar-refractivity contribution is -0.132. The Kier molecular flexibility index (Phi) is 3.69. The Hall–Kier alpha value is -0.860. The molecule has 0 unspecified atom stereocenters. The molecule has 0 heterocycles. The number of carbonyl (C=O) groups excluding carboxylic acids is 2. The van der Waals surface area contributed by atoms with Gasteiger partial charge in [0.2, 0.25) is 5.91 Å². The van der Waals surface area contributed by atoms with Crippen LogP contribution in [-0.4, -0.2) is 29.7 Å². The van der Waals surface area contributed by atoms with Crippen molar-refractivity contribution in [2.75, 3.05) is 13.1 Å². The Balaban J connectivity index is 3.83. The summed E-state index contributed by atoms with van der Waals surface area (Å²) in [5.74, 6) is -0.0187. The highest BCUT2D eigenvalue weighted by molar-refractivity contribution is 5.83. The van der Waals surface area contributed by atoms with Gasteiger partial charge >= 0.3 is 0 Å². The first kappa shape index (κ1) is 9.14. The van der Waals surface area contributed by atoms with Crippen LogP contribution in [0.5, 0.6) is 0 Å². The zero-order chi connectivity index (χ0) is 8.15. The van der Waals surface area contributed by atoms with Gasteiger partial charge in [0.15, 0.2) is 0 Å². The summed E-state index contributed by atoms with van der Waals surface area (Å²) >= 11 is 0. The molecular weight excluding hydrogens is 130 g/mol. The van der Waals surface area contributed by atoms with E-state index in [1.165, 1.54) is 18.7 Å². The van der Waals surface area contributed by atoms with Crippen LogP contribution in [-0.2, 0) is 9.59 Å². The molecule has 0 bridgehead atoms. The topological polar surface area (TPSA) is 37.4 Å². The summed E-state index contributed by atoms with van der Waals surface area (Å²) in [7, 11) is 0. The molecule has 0 radical (unpaired) electrons. The molecule has 0 aliphatic rings. The molecular formula is C7H13NO2. The van der Waals surface area contributed by atoms with E-state index in [1.54, 1.807) is 0 Å². The lowest BCUT2D eigenvalue weighted by Gasteiger charge is -2.16. The zero-order valence-corrected chi connectivity index (χ0v) is 6.68. The van der Waals surface area contributed by atoms with Crippen molar-refractivity contribution in [1.82, 2.24) is 4.90 Å². The molecule has 1 amide bonds. The van der Waals surface area contributed by atoms with Gasteiger partial charge in [-0.15, -0.1) is 0 Å². The standard InChI is InChI=1S/C7H13NO2/c1-4-8(7(3)10)5-6(2)9/h4-5H2,1-3H3. The van der Waals surface area contributed by atoms with Crippen molar-refractivity contribution >= 4 is 11.7 Å². The van der Waals surface area contributed by atoms with Gasteiger partial charge in [0, 0.05) is 13.5 Å². The van der Waals surface area contributed by atoms with Gasteiger partial charge in [0.05, 0.1) is 6.54 Å². The van der Waals surface area contributed by atoms with Crippen LogP contribution >= 0.6 is 0 Å². The van der Waals surface area contributed by atoms with Crippen LogP contribution in [0.15, 0.2) is 0 Å². The molecule has 3 nitrogen and oxygen atoms in total. The molecule has 0 N–H and O–H groups in total. The Morgan fingerprint density at radius 1 is 1.30 bits per heavy atom. The Morgan fingerprint density at radius 3 is 1.90 bits per heavy atom. The summed E-state index contributed by atoms with van der Waals surface area (Å²) in [6.07, 6.45) is 0. The van der Waals surface area contributed by atoms with Crippen LogP contribution in [0.4, 0.5) is 0 Å². The third-order valence-electron chi connectivity index (χ3n) is 1.24. The van der Waals surface area contributed by atoms with Crippen LogP contribution in [0.3, 0.4) is 0 Å². The van der Waals surface area contributed by atoms with E-state index in [0.29, 0.717) is 6.54 Å². The number of likely N-dealkylation sites (N-methyl/N-ethyl adjacent to an activating group) is 1. The first-order chi connectivity index (χ1) is 4.57. The van der Waals surface area contributed by atoms with E-state index in [0.717, 1.165) is 0 Å². The fraction of sp³-hybridized carbons (Fsp3) is 0.714. The second kappa shape index (κ2) is 4.04. The van der Waals surface area contributed by atoms with E-state index in [2.05, 4.69) is 0 Å². The average Bonchev–Trinajstić information content (AvgIpc) is 1.81. The van der Waals surface area contributed by atoms with Gasteiger partial charge in [-0.3, -0.25) is 9.59 Å². The summed E-state index contributed by atoms with van der Waals surface area (Å²) in [6.45, 7) is 5.64. The van der Waals surface area contributed by atoms with E-state index in [1.807, 2.05) is 6.92 Å². The van der Waals surface area contributed by atoms with Gasteiger partial charge in [-0.1, -0.05) is 0 Å². The van der Waals surface area contributed by atoms with Crippen LogP contribution in [0.1, 0.15) is 20.8 Å². The van der Waals surface area contributed by atoms with E-state index >= 15 is 0 Å². The van der Waals surface area contributed by atoms with E-state index in [9.17, 15) is 9.59 Å². The Bertz CT molecular complexity index is 143. The minimum Gasteiger partial charge on any atom is -0.336 e. The fourth-order valence-corrected chi connectivity index (χ4v) is 0.715. The van der Waals surface area contributed by atoms with Crippen LogP contribution in [0.2, 0.25) is 0 Å². The van der Waals surface area contributed by atoms with Gasteiger partial charge in [-0.2, -0.15) is 0 Å². The van der Waals surface area contributed by atoms with E-state index in [4.69, 9.17) is 0 Å². The number of ketones is 1. The van der Waals surface area contributed by atoms with Crippen LogP contribution < -0.4 is 0 Å². The van der Waals surface area contributed by atoms with Crippen molar-refractivity contribution < 1.29 is 9.59 Å². The van der Waals surface area contributed by atoms with Gasteiger partial charge in [-0.05, 0) is 13.8 Å². The fourth-order valence-electron chi connectivity index (χ4n) is 0.715. The smallest absolute Gasteiger partial charge is 0.219 e. The van der Waals surface area contributed by atoms with Gasteiger partial charge in [-0.25, -0.2) is 0 Å². The Labute approximate surface area is 61.0 Å². The summed E-state index contributed by atoms with van der Waals surface area (Å²) in [5.41, 5.74) is 0. The molecule has 0 aromatic rings. The van der Waals surface area contributed by atoms with Crippen molar-refractivity contribution in [3.63, 3.8) is 0 Å². The van der Waals surface area contributed by atoms with Crippen molar-refractivity contribution in [2.24, 2.45) is 0 Å². The highest BCUT2D eigenvalue weighted by Gasteiger charge is 2.06. The monoisotopic (exact) mass is 143 g/mol. The number of hydrogen-bond acceptors (Lipinski definition) is 2. The summed E-state index contributed by atoms with van der Waals surface area (Å²) in [4.78, 5) is 22.7. The maximum Gasteiger partial charge on any atom is 0.219 e. The van der Waals surface area contributed by atoms with E-state index < -0.39 is 0 Å². The normalized spacial score (nSPS) is 9.10. The molecule has 0 aromatic heterocycles.